The number of hydrogen-bond acceptors (Lipinski definition) is 3. The van der Waals surface area contributed by atoms with Crippen molar-refractivity contribution in [3.05, 3.63) is 64.7 Å². The summed E-state index contributed by atoms with van der Waals surface area (Å²) in [5.74, 6) is -0.0516. The van der Waals surface area contributed by atoms with Crippen LogP contribution in [0.25, 0.3) is 0 Å². The first-order chi connectivity index (χ1) is 8.74. The normalized spacial score (nSPS) is 15.6. The first kappa shape index (κ1) is 11.0. The van der Waals surface area contributed by atoms with Crippen molar-refractivity contribution in [2.24, 2.45) is 4.99 Å². The summed E-state index contributed by atoms with van der Waals surface area (Å²) in [6, 6.07) is 14.2. The average molecular weight is 258 g/mol. The fourth-order valence-electron chi connectivity index (χ4n) is 1.79. The molecule has 4 heteroatoms. The SMILES string of the molecule is O=C1OC(=Nc2cccc(Cl)c2)c2ccccc21. The van der Waals surface area contributed by atoms with E-state index in [0.717, 1.165) is 0 Å². The van der Waals surface area contributed by atoms with Crippen molar-refractivity contribution in [1.82, 2.24) is 0 Å². The van der Waals surface area contributed by atoms with Gasteiger partial charge in [0.1, 0.15) is 0 Å². The van der Waals surface area contributed by atoms with Crippen LogP contribution >= 0.6 is 11.6 Å². The molecule has 3 nitrogen and oxygen atoms in total. The van der Waals surface area contributed by atoms with Gasteiger partial charge in [-0.1, -0.05) is 29.8 Å². The molecule has 0 saturated carbocycles. The molecule has 0 spiro atoms. The predicted molar refractivity (Wildman–Crippen MR) is 69.5 cm³/mol. The van der Waals surface area contributed by atoms with Crippen LogP contribution < -0.4 is 0 Å². The third-order valence-corrected chi connectivity index (χ3v) is 2.84. The highest BCUT2D eigenvalue weighted by Gasteiger charge is 2.27. The number of aliphatic imine (C=N–C) groups is 1. The lowest BCUT2D eigenvalue weighted by atomic mass is 10.1. The zero-order valence-corrected chi connectivity index (χ0v) is 10.0. The summed E-state index contributed by atoms with van der Waals surface area (Å²) in [7, 11) is 0. The Morgan fingerprint density at radius 2 is 1.78 bits per heavy atom. The van der Waals surface area contributed by atoms with E-state index in [4.69, 9.17) is 16.3 Å². The number of benzene rings is 2. The third kappa shape index (κ3) is 1.89. The Balaban J connectivity index is 2.07. The minimum atomic E-state index is -0.369. The molecule has 1 heterocycles. The zero-order valence-electron chi connectivity index (χ0n) is 9.26. The Labute approximate surface area is 109 Å². The lowest BCUT2D eigenvalue weighted by Gasteiger charge is -1.98. The molecule has 18 heavy (non-hydrogen) atoms. The summed E-state index contributed by atoms with van der Waals surface area (Å²) in [5.41, 5.74) is 1.91. The van der Waals surface area contributed by atoms with Crippen LogP contribution in [0.2, 0.25) is 5.02 Å². The van der Waals surface area contributed by atoms with Gasteiger partial charge in [0.05, 0.1) is 16.8 Å². The molecule has 0 bridgehead atoms. The number of rotatable bonds is 1. The smallest absolute Gasteiger partial charge is 0.345 e. The van der Waals surface area contributed by atoms with Gasteiger partial charge in [-0.2, -0.15) is 0 Å². The van der Waals surface area contributed by atoms with E-state index in [-0.39, 0.29) is 5.97 Å². The van der Waals surface area contributed by atoms with Crippen LogP contribution in [-0.4, -0.2) is 11.9 Å². The van der Waals surface area contributed by atoms with Gasteiger partial charge in [-0.05, 0) is 30.3 Å². The zero-order chi connectivity index (χ0) is 12.5. The topological polar surface area (TPSA) is 38.7 Å². The first-order valence-electron chi connectivity index (χ1n) is 5.40. The standard InChI is InChI=1S/C14H8ClNO2/c15-9-4-3-5-10(8-9)16-13-11-6-1-2-7-12(11)14(17)18-13/h1-8H. The van der Waals surface area contributed by atoms with E-state index in [2.05, 4.69) is 4.99 Å². The molecule has 0 fully saturated rings. The third-order valence-electron chi connectivity index (χ3n) is 2.61. The minimum Gasteiger partial charge on any atom is -0.403 e. The van der Waals surface area contributed by atoms with E-state index in [0.29, 0.717) is 27.7 Å². The molecule has 0 atom stereocenters. The Kier molecular flexibility index (Phi) is 2.61. The number of nitrogens with zero attached hydrogens (tertiary/aromatic N) is 1. The molecule has 0 amide bonds. The van der Waals surface area contributed by atoms with Gasteiger partial charge in [-0.25, -0.2) is 9.79 Å². The molecular weight excluding hydrogens is 250 g/mol. The van der Waals surface area contributed by atoms with Crippen molar-refractivity contribution in [3.8, 4) is 0 Å². The number of carbonyl (C=O) groups is 1. The molecule has 2 aromatic rings. The molecule has 3 rings (SSSR count). The number of cyclic esters (lactones) is 1. The number of ether oxygens (including phenoxy) is 1. The summed E-state index contributed by atoms with van der Waals surface area (Å²) in [4.78, 5) is 15.9. The highest BCUT2D eigenvalue weighted by Crippen LogP contribution is 2.24. The highest BCUT2D eigenvalue weighted by molar-refractivity contribution is 6.30. The first-order valence-corrected chi connectivity index (χ1v) is 5.78. The Morgan fingerprint density at radius 1 is 1.00 bits per heavy atom. The second-order valence-electron chi connectivity index (χ2n) is 3.83. The van der Waals surface area contributed by atoms with Crippen molar-refractivity contribution in [1.29, 1.82) is 0 Å². The van der Waals surface area contributed by atoms with Crippen molar-refractivity contribution < 1.29 is 9.53 Å². The lowest BCUT2D eigenvalue weighted by Crippen LogP contribution is -1.99. The molecule has 0 radical (unpaired) electrons. The van der Waals surface area contributed by atoms with Gasteiger partial charge in [0.15, 0.2) is 0 Å². The fraction of sp³-hybridized carbons (Fsp3) is 0. The van der Waals surface area contributed by atoms with Crippen molar-refractivity contribution in [3.63, 3.8) is 0 Å². The fourth-order valence-corrected chi connectivity index (χ4v) is 1.98. The van der Waals surface area contributed by atoms with Crippen molar-refractivity contribution in [2.75, 3.05) is 0 Å². The van der Waals surface area contributed by atoms with Gasteiger partial charge in [0.2, 0.25) is 5.90 Å². The van der Waals surface area contributed by atoms with Gasteiger partial charge >= 0.3 is 5.97 Å². The Hall–Kier alpha value is -2.13. The second kappa shape index (κ2) is 4.27. The number of hydrogen-bond donors (Lipinski definition) is 0. The second-order valence-corrected chi connectivity index (χ2v) is 4.27. The number of carbonyl (C=O) groups excluding carboxylic acids is 1. The molecule has 0 aromatic heterocycles. The molecule has 0 saturated heterocycles. The highest BCUT2D eigenvalue weighted by atomic mass is 35.5. The van der Waals surface area contributed by atoms with Crippen LogP contribution in [-0.2, 0) is 4.74 Å². The summed E-state index contributed by atoms with van der Waals surface area (Å²) >= 11 is 5.88. The Bertz CT molecular complexity index is 664. The minimum absolute atomic E-state index is 0.317. The largest absolute Gasteiger partial charge is 0.403 e. The van der Waals surface area contributed by atoms with E-state index in [1.54, 1.807) is 36.4 Å². The Morgan fingerprint density at radius 3 is 2.56 bits per heavy atom. The maximum Gasteiger partial charge on any atom is 0.345 e. The van der Waals surface area contributed by atoms with Gasteiger partial charge in [0, 0.05) is 5.02 Å². The molecule has 0 N–H and O–H groups in total. The van der Waals surface area contributed by atoms with Gasteiger partial charge in [-0.15, -0.1) is 0 Å². The van der Waals surface area contributed by atoms with Crippen LogP contribution in [0, 0.1) is 0 Å². The summed E-state index contributed by atoms with van der Waals surface area (Å²) in [6.07, 6.45) is 0. The molecular formula is C14H8ClNO2. The maximum atomic E-state index is 11.6. The van der Waals surface area contributed by atoms with E-state index >= 15 is 0 Å². The molecule has 0 unspecified atom stereocenters. The molecule has 0 aliphatic carbocycles. The summed E-state index contributed by atoms with van der Waals surface area (Å²) in [5, 5.41) is 0.592. The summed E-state index contributed by atoms with van der Waals surface area (Å²) < 4.78 is 5.14. The summed E-state index contributed by atoms with van der Waals surface area (Å²) in [6.45, 7) is 0. The predicted octanol–water partition coefficient (Wildman–Crippen LogP) is 3.59. The number of esters is 1. The van der Waals surface area contributed by atoms with E-state index in [9.17, 15) is 4.79 Å². The van der Waals surface area contributed by atoms with Crippen LogP contribution in [0.1, 0.15) is 15.9 Å². The lowest BCUT2D eigenvalue weighted by molar-refractivity contribution is 0.0737. The van der Waals surface area contributed by atoms with Crippen LogP contribution in [0.3, 0.4) is 0 Å². The van der Waals surface area contributed by atoms with Gasteiger partial charge < -0.3 is 4.74 Å². The van der Waals surface area contributed by atoms with Crippen LogP contribution in [0.5, 0.6) is 0 Å². The maximum absolute atomic E-state index is 11.6. The van der Waals surface area contributed by atoms with Crippen LogP contribution in [0.15, 0.2) is 53.5 Å². The number of halogens is 1. The molecule has 88 valence electrons. The van der Waals surface area contributed by atoms with Crippen molar-refractivity contribution >= 4 is 29.2 Å². The number of fused-ring (bicyclic) bond motifs is 1. The molecule has 1 aliphatic rings. The van der Waals surface area contributed by atoms with E-state index < -0.39 is 0 Å². The van der Waals surface area contributed by atoms with E-state index in [1.165, 1.54) is 0 Å². The van der Waals surface area contributed by atoms with Crippen molar-refractivity contribution in [2.45, 2.75) is 0 Å². The quantitative estimate of drug-likeness (QED) is 0.733. The molecule has 2 aromatic carbocycles. The molecule has 1 aliphatic heterocycles. The average Bonchev–Trinajstić information content (AvgIpc) is 2.67. The van der Waals surface area contributed by atoms with E-state index in [1.807, 2.05) is 12.1 Å². The van der Waals surface area contributed by atoms with Crippen LogP contribution in [0.4, 0.5) is 5.69 Å². The monoisotopic (exact) mass is 257 g/mol. The van der Waals surface area contributed by atoms with Gasteiger partial charge in [0.25, 0.3) is 0 Å². The van der Waals surface area contributed by atoms with Gasteiger partial charge in [-0.3, -0.25) is 0 Å².